The van der Waals surface area contributed by atoms with Crippen molar-refractivity contribution in [3.63, 3.8) is 0 Å². The van der Waals surface area contributed by atoms with Gasteiger partial charge < -0.3 is 15.4 Å². The molecule has 0 aromatic carbocycles. The lowest BCUT2D eigenvalue weighted by Gasteiger charge is -2.30. The van der Waals surface area contributed by atoms with Crippen molar-refractivity contribution < 1.29 is 4.74 Å². The third-order valence-corrected chi connectivity index (χ3v) is 6.05. The first-order valence-corrected chi connectivity index (χ1v) is 10.5. The molecule has 2 N–H and O–H groups in total. The molecule has 0 amide bonds. The molecule has 150 valence electrons. The summed E-state index contributed by atoms with van der Waals surface area (Å²) in [6, 6.07) is 0. The van der Waals surface area contributed by atoms with E-state index < -0.39 is 0 Å². The maximum absolute atomic E-state index is 5.60. The van der Waals surface area contributed by atoms with Gasteiger partial charge >= 0.3 is 0 Å². The van der Waals surface area contributed by atoms with Crippen LogP contribution in [-0.4, -0.2) is 44.3 Å². The molecule has 0 bridgehead atoms. The van der Waals surface area contributed by atoms with Gasteiger partial charge in [-0.15, -0.1) is 35.3 Å². The summed E-state index contributed by atoms with van der Waals surface area (Å²) in [6.07, 6.45) is 8.53. The fraction of sp³-hybridized carbons (Fsp3) is 0.789. The molecule has 0 spiro atoms. The zero-order valence-electron chi connectivity index (χ0n) is 16.5. The summed E-state index contributed by atoms with van der Waals surface area (Å²) in [5.41, 5.74) is 1.50. The van der Waals surface area contributed by atoms with Crippen molar-refractivity contribution in [1.82, 2.24) is 15.6 Å². The van der Waals surface area contributed by atoms with Gasteiger partial charge in [0.15, 0.2) is 5.96 Å². The quantitative estimate of drug-likeness (QED) is 0.222. The molecular weight excluding hydrogens is 459 g/mol. The van der Waals surface area contributed by atoms with Crippen LogP contribution in [0, 0.1) is 12.3 Å². The Kier molecular flexibility index (Phi) is 11.7. The number of aryl methyl sites for hydroxylation is 2. The molecule has 1 aromatic rings. The number of hydrogen-bond acceptors (Lipinski definition) is 4. The molecule has 0 radical (unpaired) electrons. The van der Waals surface area contributed by atoms with E-state index in [-0.39, 0.29) is 24.0 Å². The fourth-order valence-electron chi connectivity index (χ4n) is 3.53. The van der Waals surface area contributed by atoms with E-state index in [1.807, 2.05) is 7.05 Å². The van der Waals surface area contributed by atoms with E-state index in [0.717, 1.165) is 57.2 Å². The lowest BCUT2D eigenvalue weighted by molar-refractivity contribution is 0.105. The standard InChI is InChI=1S/C19H34N4OS.HI/c1-4-24-13-11-19(9-5-6-10-19)15-22-18(20-3)21-12-7-8-17-23-16(2)14-25-17;/h14H,4-13,15H2,1-3H3,(H2,20,21,22);1H. The van der Waals surface area contributed by atoms with Crippen LogP contribution in [0.15, 0.2) is 10.4 Å². The first-order valence-electron chi connectivity index (χ1n) is 9.61. The number of ether oxygens (including phenoxy) is 1. The van der Waals surface area contributed by atoms with Crippen LogP contribution in [0.25, 0.3) is 0 Å². The third-order valence-electron chi connectivity index (χ3n) is 5.03. The van der Waals surface area contributed by atoms with Gasteiger partial charge in [0.2, 0.25) is 0 Å². The molecule has 0 atom stereocenters. The van der Waals surface area contributed by atoms with E-state index in [1.165, 1.54) is 30.7 Å². The molecule has 7 heteroatoms. The van der Waals surface area contributed by atoms with Crippen LogP contribution in [0.5, 0.6) is 0 Å². The number of nitrogens with zero attached hydrogens (tertiary/aromatic N) is 2. The van der Waals surface area contributed by atoms with E-state index in [0.29, 0.717) is 5.41 Å². The summed E-state index contributed by atoms with van der Waals surface area (Å²) in [5, 5.41) is 10.3. The number of aromatic nitrogens is 1. The van der Waals surface area contributed by atoms with Gasteiger partial charge in [0, 0.05) is 50.8 Å². The number of guanidine groups is 1. The molecule has 1 aromatic heterocycles. The van der Waals surface area contributed by atoms with Crippen molar-refractivity contribution in [3.05, 3.63) is 16.1 Å². The third kappa shape index (κ3) is 8.08. The molecule has 1 saturated carbocycles. The van der Waals surface area contributed by atoms with Crippen molar-refractivity contribution in [2.24, 2.45) is 10.4 Å². The van der Waals surface area contributed by atoms with Gasteiger partial charge in [0.05, 0.1) is 5.01 Å². The number of hydrogen-bond donors (Lipinski definition) is 2. The first kappa shape index (κ1) is 23.6. The van der Waals surface area contributed by atoms with Crippen LogP contribution in [0.3, 0.4) is 0 Å². The van der Waals surface area contributed by atoms with Gasteiger partial charge in [-0.1, -0.05) is 12.8 Å². The average Bonchev–Trinajstić information content (AvgIpc) is 3.24. The van der Waals surface area contributed by atoms with Crippen LogP contribution in [0.4, 0.5) is 0 Å². The van der Waals surface area contributed by atoms with Gasteiger partial charge in [-0.25, -0.2) is 4.98 Å². The molecule has 0 aliphatic heterocycles. The zero-order valence-corrected chi connectivity index (χ0v) is 19.6. The minimum Gasteiger partial charge on any atom is -0.382 e. The Bertz CT molecular complexity index is 529. The lowest BCUT2D eigenvalue weighted by Crippen LogP contribution is -2.43. The number of thiazole rings is 1. The SMILES string of the molecule is CCOCCC1(CNC(=NC)NCCCc2nc(C)cs2)CCCC1.I. The summed E-state index contributed by atoms with van der Waals surface area (Å²) in [7, 11) is 1.85. The lowest BCUT2D eigenvalue weighted by atomic mass is 9.83. The number of halogens is 1. The summed E-state index contributed by atoms with van der Waals surface area (Å²) in [6.45, 7) is 7.71. The van der Waals surface area contributed by atoms with E-state index in [1.54, 1.807) is 11.3 Å². The number of aliphatic imine (C=N–C) groups is 1. The highest BCUT2D eigenvalue weighted by atomic mass is 127. The van der Waals surface area contributed by atoms with E-state index in [9.17, 15) is 0 Å². The smallest absolute Gasteiger partial charge is 0.190 e. The Morgan fingerprint density at radius 3 is 2.73 bits per heavy atom. The minimum absolute atomic E-state index is 0. The van der Waals surface area contributed by atoms with Crippen LogP contribution >= 0.6 is 35.3 Å². The van der Waals surface area contributed by atoms with Crippen molar-refractivity contribution in [2.75, 3.05) is 33.4 Å². The average molecular weight is 494 g/mol. The molecule has 1 heterocycles. The molecule has 26 heavy (non-hydrogen) atoms. The maximum atomic E-state index is 5.60. The molecular formula is C19H35IN4OS. The van der Waals surface area contributed by atoms with Gasteiger partial charge in [0.25, 0.3) is 0 Å². The molecule has 1 aliphatic rings. The topological polar surface area (TPSA) is 58.5 Å². The second-order valence-electron chi connectivity index (χ2n) is 6.99. The maximum Gasteiger partial charge on any atom is 0.190 e. The van der Waals surface area contributed by atoms with Gasteiger partial charge in [0.1, 0.15) is 0 Å². The highest BCUT2D eigenvalue weighted by Gasteiger charge is 2.33. The largest absolute Gasteiger partial charge is 0.382 e. The number of rotatable bonds is 10. The molecule has 1 aliphatic carbocycles. The van der Waals surface area contributed by atoms with E-state index in [2.05, 4.69) is 39.8 Å². The molecule has 0 unspecified atom stereocenters. The summed E-state index contributed by atoms with van der Waals surface area (Å²) < 4.78 is 5.60. The monoisotopic (exact) mass is 494 g/mol. The van der Waals surface area contributed by atoms with Crippen LogP contribution in [-0.2, 0) is 11.2 Å². The van der Waals surface area contributed by atoms with Crippen molar-refractivity contribution in [1.29, 1.82) is 0 Å². The second kappa shape index (κ2) is 12.9. The van der Waals surface area contributed by atoms with Crippen molar-refractivity contribution >= 4 is 41.3 Å². The summed E-state index contributed by atoms with van der Waals surface area (Å²) >= 11 is 1.75. The Hall–Kier alpha value is -0.410. The van der Waals surface area contributed by atoms with Crippen molar-refractivity contribution in [2.45, 2.75) is 58.8 Å². The summed E-state index contributed by atoms with van der Waals surface area (Å²) in [5.74, 6) is 0.915. The first-order chi connectivity index (χ1) is 12.2. The van der Waals surface area contributed by atoms with Crippen molar-refractivity contribution in [3.8, 4) is 0 Å². The number of nitrogens with one attached hydrogen (secondary N) is 2. The fourth-order valence-corrected chi connectivity index (χ4v) is 4.35. The molecule has 5 nitrogen and oxygen atoms in total. The Morgan fingerprint density at radius 1 is 1.35 bits per heavy atom. The van der Waals surface area contributed by atoms with Crippen LogP contribution < -0.4 is 10.6 Å². The predicted molar refractivity (Wildman–Crippen MR) is 122 cm³/mol. The highest BCUT2D eigenvalue weighted by Crippen LogP contribution is 2.40. The van der Waals surface area contributed by atoms with E-state index >= 15 is 0 Å². The molecule has 0 saturated heterocycles. The Morgan fingerprint density at radius 2 is 2.12 bits per heavy atom. The van der Waals surface area contributed by atoms with Gasteiger partial charge in [-0.2, -0.15) is 0 Å². The Balaban J connectivity index is 0.00000338. The van der Waals surface area contributed by atoms with Crippen LogP contribution in [0.2, 0.25) is 0 Å². The summed E-state index contributed by atoms with van der Waals surface area (Å²) in [4.78, 5) is 8.89. The zero-order chi connectivity index (χ0) is 18.0. The molecule has 1 fully saturated rings. The second-order valence-corrected chi connectivity index (χ2v) is 7.94. The van der Waals surface area contributed by atoms with Crippen LogP contribution in [0.1, 0.15) is 56.2 Å². The van der Waals surface area contributed by atoms with E-state index in [4.69, 9.17) is 4.74 Å². The normalized spacial score (nSPS) is 16.3. The Labute approximate surface area is 179 Å². The highest BCUT2D eigenvalue weighted by molar-refractivity contribution is 14.0. The van der Waals surface area contributed by atoms with Gasteiger partial charge in [-0.3, -0.25) is 4.99 Å². The minimum atomic E-state index is 0. The molecule has 2 rings (SSSR count). The predicted octanol–water partition coefficient (Wildman–Crippen LogP) is 4.15. The van der Waals surface area contributed by atoms with Gasteiger partial charge in [-0.05, 0) is 44.9 Å².